The second kappa shape index (κ2) is 5.84. The van der Waals surface area contributed by atoms with E-state index in [0.29, 0.717) is 5.92 Å². The highest BCUT2D eigenvalue weighted by atomic mass is 16.3. The van der Waals surface area contributed by atoms with Crippen molar-refractivity contribution in [3.8, 4) is 0 Å². The van der Waals surface area contributed by atoms with Gasteiger partial charge in [0.15, 0.2) is 0 Å². The van der Waals surface area contributed by atoms with Crippen molar-refractivity contribution in [2.24, 2.45) is 0 Å². The summed E-state index contributed by atoms with van der Waals surface area (Å²) in [7, 11) is 0. The molecule has 0 radical (unpaired) electrons. The predicted molar refractivity (Wildman–Crippen MR) is 81.9 cm³/mol. The molecule has 2 heterocycles. The number of benzene rings is 1. The fourth-order valence-corrected chi connectivity index (χ4v) is 3.15. The van der Waals surface area contributed by atoms with E-state index in [1.807, 2.05) is 0 Å². The monoisotopic (exact) mass is 269 g/mol. The Kier molecular flexibility index (Phi) is 3.93. The Hall–Kier alpha value is -1.54. The smallest absolute Gasteiger partial charge is 0.122 e. The van der Waals surface area contributed by atoms with Crippen molar-refractivity contribution < 1.29 is 4.42 Å². The Bertz CT molecular complexity index is 558. The third-order valence-corrected chi connectivity index (χ3v) is 4.18. The second-order valence-electron chi connectivity index (χ2n) is 5.79. The first-order valence-electron chi connectivity index (χ1n) is 7.64. The van der Waals surface area contributed by atoms with E-state index in [9.17, 15) is 0 Å². The zero-order valence-electron chi connectivity index (χ0n) is 12.4. The molecule has 0 saturated heterocycles. The van der Waals surface area contributed by atoms with Crippen LogP contribution in [-0.4, -0.2) is 18.0 Å². The van der Waals surface area contributed by atoms with Crippen LogP contribution >= 0.6 is 0 Å². The van der Waals surface area contributed by atoms with Crippen LogP contribution in [0.1, 0.15) is 48.3 Å². The molecule has 0 bridgehead atoms. The van der Waals surface area contributed by atoms with Crippen molar-refractivity contribution >= 4 is 0 Å². The van der Waals surface area contributed by atoms with Crippen LogP contribution in [0.3, 0.4) is 0 Å². The summed E-state index contributed by atoms with van der Waals surface area (Å²) in [5.74, 6) is 2.65. The SMILES string of the molecule is CCCCN1Cc2oc(C)cc2C(c2ccccc2)C1. The fraction of sp³-hybridized carbons (Fsp3) is 0.444. The molecule has 0 aliphatic carbocycles. The molecule has 2 nitrogen and oxygen atoms in total. The number of hydrogen-bond donors (Lipinski definition) is 0. The molecule has 0 spiro atoms. The fourth-order valence-electron chi connectivity index (χ4n) is 3.15. The Balaban J connectivity index is 1.91. The number of nitrogens with zero attached hydrogens (tertiary/aromatic N) is 1. The minimum atomic E-state index is 0.453. The molecule has 2 aromatic rings. The number of fused-ring (bicyclic) bond motifs is 1. The summed E-state index contributed by atoms with van der Waals surface area (Å²) >= 11 is 0. The molecular formula is C18H23NO. The van der Waals surface area contributed by atoms with Gasteiger partial charge in [0.2, 0.25) is 0 Å². The van der Waals surface area contributed by atoms with Crippen LogP contribution in [0.15, 0.2) is 40.8 Å². The van der Waals surface area contributed by atoms with E-state index in [-0.39, 0.29) is 0 Å². The Morgan fingerprint density at radius 3 is 2.80 bits per heavy atom. The quantitative estimate of drug-likeness (QED) is 0.821. The van der Waals surface area contributed by atoms with Crippen molar-refractivity contribution in [3.05, 3.63) is 59.0 Å². The molecule has 2 heteroatoms. The van der Waals surface area contributed by atoms with E-state index < -0.39 is 0 Å². The van der Waals surface area contributed by atoms with Gasteiger partial charge in [-0.1, -0.05) is 43.7 Å². The second-order valence-corrected chi connectivity index (χ2v) is 5.79. The largest absolute Gasteiger partial charge is 0.465 e. The van der Waals surface area contributed by atoms with Gasteiger partial charge in [-0.3, -0.25) is 4.90 Å². The average Bonchev–Trinajstić information content (AvgIpc) is 2.85. The van der Waals surface area contributed by atoms with Gasteiger partial charge < -0.3 is 4.42 Å². The summed E-state index contributed by atoms with van der Waals surface area (Å²) in [5.41, 5.74) is 2.79. The normalized spacial score (nSPS) is 19.0. The van der Waals surface area contributed by atoms with Crippen LogP contribution in [0.2, 0.25) is 0 Å². The molecule has 1 aromatic carbocycles. The van der Waals surface area contributed by atoms with Gasteiger partial charge in [-0.05, 0) is 31.5 Å². The van der Waals surface area contributed by atoms with Crippen molar-refractivity contribution in [3.63, 3.8) is 0 Å². The van der Waals surface area contributed by atoms with Gasteiger partial charge in [-0.25, -0.2) is 0 Å². The summed E-state index contributed by atoms with van der Waals surface area (Å²) in [6.07, 6.45) is 2.51. The summed E-state index contributed by atoms with van der Waals surface area (Å²) in [6.45, 7) is 7.54. The first kappa shape index (κ1) is 13.4. The predicted octanol–water partition coefficient (Wildman–Crippen LogP) is 4.34. The highest BCUT2D eigenvalue weighted by molar-refractivity contribution is 5.37. The first-order valence-corrected chi connectivity index (χ1v) is 7.64. The Morgan fingerprint density at radius 2 is 2.05 bits per heavy atom. The van der Waals surface area contributed by atoms with Crippen molar-refractivity contribution in [2.75, 3.05) is 13.1 Å². The zero-order chi connectivity index (χ0) is 13.9. The van der Waals surface area contributed by atoms with Gasteiger partial charge >= 0.3 is 0 Å². The zero-order valence-corrected chi connectivity index (χ0v) is 12.4. The minimum Gasteiger partial charge on any atom is -0.465 e. The lowest BCUT2D eigenvalue weighted by molar-refractivity contribution is 0.213. The number of aryl methyl sites for hydroxylation is 1. The molecule has 20 heavy (non-hydrogen) atoms. The van der Waals surface area contributed by atoms with Crippen molar-refractivity contribution in [1.82, 2.24) is 4.90 Å². The van der Waals surface area contributed by atoms with E-state index in [0.717, 1.165) is 18.8 Å². The van der Waals surface area contributed by atoms with Crippen LogP contribution in [-0.2, 0) is 6.54 Å². The third kappa shape index (κ3) is 2.66. The molecule has 1 aliphatic rings. The van der Waals surface area contributed by atoms with Crippen LogP contribution < -0.4 is 0 Å². The van der Waals surface area contributed by atoms with Crippen LogP contribution in [0, 0.1) is 6.92 Å². The topological polar surface area (TPSA) is 16.4 Å². The van der Waals surface area contributed by atoms with Crippen LogP contribution in [0.5, 0.6) is 0 Å². The number of furan rings is 1. The highest BCUT2D eigenvalue weighted by Crippen LogP contribution is 2.35. The van der Waals surface area contributed by atoms with Crippen LogP contribution in [0.4, 0.5) is 0 Å². The molecule has 106 valence electrons. The lowest BCUT2D eigenvalue weighted by Crippen LogP contribution is -2.34. The lowest BCUT2D eigenvalue weighted by Gasteiger charge is -2.32. The highest BCUT2D eigenvalue weighted by Gasteiger charge is 2.29. The van der Waals surface area contributed by atoms with E-state index in [2.05, 4.69) is 55.1 Å². The van der Waals surface area contributed by atoms with Gasteiger partial charge in [0, 0.05) is 18.0 Å². The average molecular weight is 269 g/mol. The Labute approximate surface area is 121 Å². The van der Waals surface area contributed by atoms with E-state index >= 15 is 0 Å². The molecule has 0 amide bonds. The first-order chi connectivity index (χ1) is 9.78. The maximum atomic E-state index is 5.93. The maximum absolute atomic E-state index is 5.93. The maximum Gasteiger partial charge on any atom is 0.122 e. The molecule has 0 saturated carbocycles. The molecule has 1 aliphatic heterocycles. The van der Waals surface area contributed by atoms with Gasteiger partial charge in [-0.2, -0.15) is 0 Å². The molecule has 1 atom stereocenters. The van der Waals surface area contributed by atoms with Crippen molar-refractivity contribution in [2.45, 2.75) is 39.2 Å². The standard InChI is InChI=1S/C18H23NO/c1-3-4-10-19-12-17(15-8-6-5-7-9-15)16-11-14(2)20-18(16)13-19/h5-9,11,17H,3-4,10,12-13H2,1-2H3. The van der Waals surface area contributed by atoms with Crippen LogP contribution in [0.25, 0.3) is 0 Å². The van der Waals surface area contributed by atoms with E-state index in [1.165, 1.54) is 36.3 Å². The van der Waals surface area contributed by atoms with E-state index in [1.54, 1.807) is 0 Å². The number of rotatable bonds is 4. The van der Waals surface area contributed by atoms with E-state index in [4.69, 9.17) is 4.42 Å². The molecule has 3 rings (SSSR count). The number of unbranched alkanes of at least 4 members (excludes halogenated alkanes) is 1. The molecule has 1 unspecified atom stereocenters. The molecule has 0 fully saturated rings. The van der Waals surface area contributed by atoms with Gasteiger partial charge in [-0.15, -0.1) is 0 Å². The van der Waals surface area contributed by atoms with Gasteiger partial charge in [0.25, 0.3) is 0 Å². The Morgan fingerprint density at radius 1 is 1.25 bits per heavy atom. The minimum absolute atomic E-state index is 0.453. The van der Waals surface area contributed by atoms with Gasteiger partial charge in [0.1, 0.15) is 11.5 Å². The number of hydrogen-bond acceptors (Lipinski definition) is 2. The summed E-state index contributed by atoms with van der Waals surface area (Å²) < 4.78 is 5.93. The third-order valence-electron chi connectivity index (χ3n) is 4.18. The van der Waals surface area contributed by atoms with Crippen molar-refractivity contribution in [1.29, 1.82) is 0 Å². The summed E-state index contributed by atoms with van der Waals surface area (Å²) in [5, 5.41) is 0. The molecular weight excluding hydrogens is 246 g/mol. The molecule has 0 N–H and O–H groups in total. The molecule has 1 aromatic heterocycles. The lowest BCUT2D eigenvalue weighted by atomic mass is 9.88. The van der Waals surface area contributed by atoms with Gasteiger partial charge in [0.05, 0.1) is 6.54 Å². The summed E-state index contributed by atoms with van der Waals surface area (Å²) in [4.78, 5) is 2.53. The summed E-state index contributed by atoms with van der Waals surface area (Å²) in [6, 6.07) is 13.0.